The lowest BCUT2D eigenvalue weighted by molar-refractivity contribution is -0.141. The molecule has 0 radical (unpaired) electrons. The Morgan fingerprint density at radius 3 is 2.90 bits per heavy atom. The van der Waals surface area contributed by atoms with E-state index in [4.69, 9.17) is 4.74 Å². The fourth-order valence-electron chi connectivity index (χ4n) is 2.59. The number of aliphatic carboxylic acids is 1. The van der Waals surface area contributed by atoms with Crippen LogP contribution < -0.4 is 0 Å². The molecule has 0 aromatic carbocycles. The first-order chi connectivity index (χ1) is 9.59. The van der Waals surface area contributed by atoms with E-state index in [1.54, 1.807) is 23.7 Å². The SMILES string of the molecule is CN(CC1CCCCO1)C(=O)N1CCSCC1C(=O)O. The lowest BCUT2D eigenvalue weighted by Crippen LogP contribution is -2.55. The summed E-state index contributed by atoms with van der Waals surface area (Å²) >= 11 is 1.58. The second kappa shape index (κ2) is 7.17. The minimum Gasteiger partial charge on any atom is -0.480 e. The average Bonchev–Trinajstić information content (AvgIpc) is 2.47. The summed E-state index contributed by atoms with van der Waals surface area (Å²) in [5.41, 5.74) is 0. The molecule has 2 aliphatic rings. The van der Waals surface area contributed by atoms with Crippen molar-refractivity contribution in [2.75, 3.05) is 38.2 Å². The van der Waals surface area contributed by atoms with Crippen molar-refractivity contribution in [3.8, 4) is 0 Å². The number of likely N-dealkylation sites (N-methyl/N-ethyl adjacent to an activating group) is 1. The first kappa shape index (κ1) is 15.4. The molecule has 0 aliphatic carbocycles. The summed E-state index contributed by atoms with van der Waals surface area (Å²) < 4.78 is 5.63. The zero-order valence-electron chi connectivity index (χ0n) is 11.8. The number of carbonyl (C=O) groups is 2. The van der Waals surface area contributed by atoms with Gasteiger partial charge in [0.05, 0.1) is 6.10 Å². The van der Waals surface area contributed by atoms with E-state index >= 15 is 0 Å². The van der Waals surface area contributed by atoms with Gasteiger partial charge in [0, 0.05) is 38.2 Å². The minimum atomic E-state index is -0.923. The molecule has 114 valence electrons. The molecule has 0 spiro atoms. The molecular weight excluding hydrogens is 280 g/mol. The summed E-state index contributed by atoms with van der Waals surface area (Å²) in [6.07, 6.45) is 3.26. The summed E-state index contributed by atoms with van der Waals surface area (Å²) in [5.74, 6) is 0.339. The normalized spacial score (nSPS) is 27.1. The number of carboxylic acid groups (broad SMARTS) is 1. The zero-order valence-corrected chi connectivity index (χ0v) is 12.6. The molecule has 6 nitrogen and oxygen atoms in total. The summed E-state index contributed by atoms with van der Waals surface area (Å²) in [4.78, 5) is 26.7. The second-order valence-corrected chi connectivity index (χ2v) is 6.42. The molecule has 7 heteroatoms. The smallest absolute Gasteiger partial charge is 0.327 e. The van der Waals surface area contributed by atoms with Crippen LogP contribution in [0.2, 0.25) is 0 Å². The van der Waals surface area contributed by atoms with Gasteiger partial charge in [-0.3, -0.25) is 0 Å². The molecule has 1 N–H and O–H groups in total. The Hall–Kier alpha value is -0.950. The molecule has 0 bridgehead atoms. The highest BCUT2D eigenvalue weighted by Crippen LogP contribution is 2.19. The predicted octanol–water partition coefficient (Wildman–Crippen LogP) is 1.11. The van der Waals surface area contributed by atoms with Crippen LogP contribution in [0.25, 0.3) is 0 Å². The number of hydrogen-bond donors (Lipinski definition) is 1. The molecule has 2 heterocycles. The number of ether oxygens (including phenoxy) is 1. The highest BCUT2D eigenvalue weighted by Gasteiger charge is 2.34. The van der Waals surface area contributed by atoms with Crippen LogP contribution in [0.5, 0.6) is 0 Å². The number of carboxylic acids is 1. The van der Waals surface area contributed by atoms with E-state index in [2.05, 4.69) is 0 Å². The number of rotatable bonds is 3. The maximum atomic E-state index is 12.4. The van der Waals surface area contributed by atoms with Crippen molar-refractivity contribution in [2.24, 2.45) is 0 Å². The number of thioether (sulfide) groups is 1. The van der Waals surface area contributed by atoms with Crippen molar-refractivity contribution in [1.82, 2.24) is 9.80 Å². The van der Waals surface area contributed by atoms with E-state index in [-0.39, 0.29) is 12.1 Å². The number of urea groups is 1. The first-order valence-electron chi connectivity index (χ1n) is 7.03. The number of nitrogens with zero attached hydrogens (tertiary/aromatic N) is 2. The molecule has 2 rings (SSSR count). The maximum absolute atomic E-state index is 12.4. The fraction of sp³-hybridized carbons (Fsp3) is 0.846. The van der Waals surface area contributed by atoms with E-state index in [1.165, 1.54) is 4.90 Å². The van der Waals surface area contributed by atoms with Gasteiger partial charge in [-0.25, -0.2) is 9.59 Å². The van der Waals surface area contributed by atoms with Gasteiger partial charge >= 0.3 is 12.0 Å². The maximum Gasteiger partial charge on any atom is 0.327 e. The van der Waals surface area contributed by atoms with Crippen LogP contribution >= 0.6 is 11.8 Å². The van der Waals surface area contributed by atoms with Gasteiger partial charge in [0.1, 0.15) is 6.04 Å². The van der Waals surface area contributed by atoms with Gasteiger partial charge in [0.15, 0.2) is 0 Å². The summed E-state index contributed by atoms with van der Waals surface area (Å²) in [5, 5.41) is 9.21. The van der Waals surface area contributed by atoms with Crippen molar-refractivity contribution in [2.45, 2.75) is 31.4 Å². The van der Waals surface area contributed by atoms with Gasteiger partial charge in [-0.2, -0.15) is 11.8 Å². The molecule has 2 fully saturated rings. The Morgan fingerprint density at radius 2 is 2.25 bits per heavy atom. The van der Waals surface area contributed by atoms with Crippen molar-refractivity contribution < 1.29 is 19.4 Å². The quantitative estimate of drug-likeness (QED) is 0.845. The minimum absolute atomic E-state index is 0.0835. The average molecular weight is 302 g/mol. The highest BCUT2D eigenvalue weighted by atomic mass is 32.2. The molecule has 20 heavy (non-hydrogen) atoms. The van der Waals surface area contributed by atoms with E-state index in [0.717, 1.165) is 31.6 Å². The topological polar surface area (TPSA) is 70.1 Å². The third-order valence-corrected chi connectivity index (χ3v) is 4.76. The van der Waals surface area contributed by atoms with E-state index < -0.39 is 12.0 Å². The summed E-state index contributed by atoms with van der Waals surface area (Å²) in [6.45, 7) is 1.79. The molecule has 2 unspecified atom stereocenters. The van der Waals surface area contributed by atoms with Gasteiger partial charge in [-0.15, -0.1) is 0 Å². The zero-order chi connectivity index (χ0) is 14.5. The Morgan fingerprint density at radius 1 is 1.45 bits per heavy atom. The molecule has 2 aliphatic heterocycles. The van der Waals surface area contributed by atoms with Crippen molar-refractivity contribution in [3.63, 3.8) is 0 Å². The van der Waals surface area contributed by atoms with Crippen molar-refractivity contribution in [3.05, 3.63) is 0 Å². The predicted molar refractivity (Wildman–Crippen MR) is 77.1 cm³/mol. The molecular formula is C13H22N2O4S. The van der Waals surface area contributed by atoms with Crippen LogP contribution in [0.1, 0.15) is 19.3 Å². The third-order valence-electron chi connectivity index (χ3n) is 3.74. The van der Waals surface area contributed by atoms with Crippen LogP contribution in [0.3, 0.4) is 0 Å². The molecule has 2 amide bonds. The van der Waals surface area contributed by atoms with Crippen LogP contribution in [-0.2, 0) is 9.53 Å². The van der Waals surface area contributed by atoms with Crippen molar-refractivity contribution in [1.29, 1.82) is 0 Å². The third kappa shape index (κ3) is 3.79. The van der Waals surface area contributed by atoms with Crippen LogP contribution in [0, 0.1) is 0 Å². The Bertz CT molecular complexity index is 360. The van der Waals surface area contributed by atoms with Gasteiger partial charge in [-0.1, -0.05) is 0 Å². The Kier molecular flexibility index (Phi) is 5.54. The monoisotopic (exact) mass is 302 g/mol. The summed E-state index contributed by atoms with van der Waals surface area (Å²) in [6, 6.07) is -0.914. The lowest BCUT2D eigenvalue weighted by atomic mass is 10.1. The van der Waals surface area contributed by atoms with Crippen LogP contribution in [-0.4, -0.2) is 77.3 Å². The summed E-state index contributed by atoms with van der Waals surface area (Å²) in [7, 11) is 1.72. The first-order valence-corrected chi connectivity index (χ1v) is 8.19. The van der Waals surface area contributed by atoms with Crippen molar-refractivity contribution >= 4 is 23.8 Å². The van der Waals surface area contributed by atoms with Crippen LogP contribution in [0.4, 0.5) is 4.79 Å². The molecule has 2 atom stereocenters. The molecule has 0 aromatic rings. The Labute approximate surface area is 123 Å². The Balaban J connectivity index is 1.92. The van der Waals surface area contributed by atoms with Gasteiger partial charge in [-0.05, 0) is 19.3 Å². The van der Waals surface area contributed by atoms with E-state index in [1.807, 2.05) is 0 Å². The van der Waals surface area contributed by atoms with E-state index in [9.17, 15) is 14.7 Å². The van der Waals surface area contributed by atoms with Gasteiger partial charge in [0.2, 0.25) is 0 Å². The molecule has 0 aromatic heterocycles. The van der Waals surface area contributed by atoms with E-state index in [0.29, 0.717) is 18.8 Å². The highest BCUT2D eigenvalue weighted by molar-refractivity contribution is 7.99. The molecule has 0 saturated carbocycles. The standard InChI is InChI=1S/C13H22N2O4S/c1-14(8-10-4-2-3-6-19-10)13(18)15-5-7-20-9-11(15)12(16)17/h10-11H,2-9H2,1H3,(H,16,17). The lowest BCUT2D eigenvalue weighted by Gasteiger charge is -2.36. The number of amides is 2. The number of hydrogen-bond acceptors (Lipinski definition) is 4. The van der Waals surface area contributed by atoms with Crippen LogP contribution in [0.15, 0.2) is 0 Å². The van der Waals surface area contributed by atoms with Gasteiger partial charge < -0.3 is 19.6 Å². The van der Waals surface area contributed by atoms with Gasteiger partial charge in [0.25, 0.3) is 0 Å². The fourth-order valence-corrected chi connectivity index (χ4v) is 3.63. The largest absolute Gasteiger partial charge is 0.480 e. The second-order valence-electron chi connectivity index (χ2n) is 5.27. The number of carbonyl (C=O) groups excluding carboxylic acids is 1. The molecule has 2 saturated heterocycles.